The summed E-state index contributed by atoms with van der Waals surface area (Å²) in [4.78, 5) is 37.9. The van der Waals surface area contributed by atoms with E-state index < -0.39 is 21.2 Å². The average Bonchev–Trinajstić information content (AvgIpc) is 3.16. The van der Waals surface area contributed by atoms with Crippen LogP contribution in [-0.2, 0) is 20.9 Å². The van der Waals surface area contributed by atoms with Crippen molar-refractivity contribution in [1.29, 1.82) is 0 Å². The number of carbonyl (C=O) groups excluding carboxylic acids is 3. The van der Waals surface area contributed by atoms with Crippen LogP contribution in [0.3, 0.4) is 0 Å². The minimum Gasteiger partial charge on any atom is -0.467 e. The number of fused-ring (bicyclic) bond motifs is 1. The molecule has 2 saturated heterocycles. The zero-order chi connectivity index (χ0) is 20.1. The molecule has 3 atom stereocenters. The lowest BCUT2D eigenvalue weighted by molar-refractivity contribution is -0.144. The van der Waals surface area contributed by atoms with E-state index in [-0.39, 0.29) is 27.8 Å². The van der Waals surface area contributed by atoms with Crippen LogP contribution >= 0.6 is 43.6 Å². The van der Waals surface area contributed by atoms with Crippen LogP contribution in [0.4, 0.5) is 0 Å². The second-order valence-corrected chi connectivity index (χ2v) is 12.3. The normalized spacial score (nSPS) is 26.1. The summed E-state index contributed by atoms with van der Waals surface area (Å²) < 4.78 is 5.20. The predicted molar refractivity (Wildman–Crippen MR) is 106 cm³/mol. The SMILES string of the molecule is COC(=O)[C@H](C)NC(=O)c1cn(C[C@@H]2N3C(=O)C(Br)(Br)[C@H]3SC2(C)C)nn1. The summed E-state index contributed by atoms with van der Waals surface area (Å²) in [5.41, 5.74) is 0.0935. The fourth-order valence-corrected chi connectivity index (χ4v) is 6.05. The van der Waals surface area contributed by atoms with Crippen LogP contribution in [0.2, 0.25) is 0 Å². The third-order valence-electron chi connectivity index (χ3n) is 4.67. The highest BCUT2D eigenvalue weighted by Gasteiger charge is 2.68. The number of rotatable bonds is 5. The minimum absolute atomic E-state index is 0.0165. The molecule has 0 saturated carbocycles. The van der Waals surface area contributed by atoms with Crippen molar-refractivity contribution in [2.45, 2.75) is 52.8 Å². The lowest BCUT2D eigenvalue weighted by Crippen LogP contribution is -2.67. The summed E-state index contributed by atoms with van der Waals surface area (Å²) in [6.07, 6.45) is 1.51. The number of ether oxygens (including phenoxy) is 1. The fraction of sp³-hybridized carbons (Fsp3) is 0.667. The van der Waals surface area contributed by atoms with Gasteiger partial charge in [-0.05, 0) is 20.8 Å². The van der Waals surface area contributed by atoms with Crippen LogP contribution in [0.5, 0.6) is 0 Å². The molecular formula is C15H19Br2N5O4S. The number of β-lactam (4-membered cyclic amide) rings is 1. The number of nitrogens with one attached hydrogen (secondary N) is 1. The highest BCUT2D eigenvalue weighted by molar-refractivity contribution is 9.26. The number of hydrogen-bond donors (Lipinski definition) is 1. The number of amides is 2. The van der Waals surface area contributed by atoms with Crippen molar-refractivity contribution in [3.05, 3.63) is 11.9 Å². The van der Waals surface area contributed by atoms with E-state index in [4.69, 9.17) is 0 Å². The largest absolute Gasteiger partial charge is 0.467 e. The van der Waals surface area contributed by atoms with Crippen LogP contribution in [0, 0.1) is 0 Å². The van der Waals surface area contributed by atoms with Gasteiger partial charge in [0.25, 0.3) is 11.8 Å². The number of nitrogens with zero attached hydrogens (tertiary/aromatic N) is 4. The molecule has 2 aliphatic rings. The lowest BCUT2D eigenvalue weighted by Gasteiger charge is -2.47. The number of esters is 1. The van der Waals surface area contributed by atoms with E-state index in [1.807, 2.05) is 4.90 Å². The Morgan fingerprint density at radius 1 is 1.44 bits per heavy atom. The number of methoxy groups -OCH3 is 1. The third kappa shape index (κ3) is 3.51. The Bertz CT molecular complexity index is 799. The Morgan fingerprint density at radius 3 is 2.74 bits per heavy atom. The molecule has 148 valence electrons. The Kier molecular flexibility index (Phi) is 5.36. The molecule has 1 N–H and O–H groups in total. The summed E-state index contributed by atoms with van der Waals surface area (Å²) in [6.45, 7) is 6.08. The number of aromatic nitrogens is 3. The van der Waals surface area contributed by atoms with Gasteiger partial charge in [0.2, 0.25) is 0 Å². The number of hydrogen-bond acceptors (Lipinski definition) is 7. The summed E-state index contributed by atoms with van der Waals surface area (Å²) in [7, 11) is 1.25. The molecule has 3 rings (SSSR count). The Hall–Kier alpha value is -1.14. The Balaban J connectivity index is 1.70. The maximum absolute atomic E-state index is 12.4. The first-order valence-corrected chi connectivity index (χ1v) is 10.6. The molecule has 0 bridgehead atoms. The maximum atomic E-state index is 12.4. The minimum atomic E-state index is -0.789. The molecule has 9 nitrogen and oxygen atoms in total. The molecule has 27 heavy (non-hydrogen) atoms. The number of carbonyl (C=O) groups is 3. The van der Waals surface area contributed by atoms with Crippen LogP contribution in [0.15, 0.2) is 6.20 Å². The molecule has 12 heteroatoms. The van der Waals surface area contributed by atoms with Gasteiger partial charge in [-0.25, -0.2) is 9.48 Å². The number of alkyl halides is 2. The smallest absolute Gasteiger partial charge is 0.328 e. The molecule has 2 fully saturated rings. The van der Waals surface area contributed by atoms with Crippen molar-refractivity contribution in [3.63, 3.8) is 0 Å². The molecule has 3 heterocycles. The molecule has 0 spiro atoms. The van der Waals surface area contributed by atoms with Gasteiger partial charge in [0.15, 0.2) is 8.93 Å². The zero-order valence-corrected chi connectivity index (χ0v) is 19.1. The Labute approximate surface area is 177 Å². The Morgan fingerprint density at radius 2 is 2.11 bits per heavy atom. The maximum Gasteiger partial charge on any atom is 0.328 e. The molecule has 0 unspecified atom stereocenters. The molecule has 2 aliphatic heterocycles. The van der Waals surface area contributed by atoms with E-state index in [9.17, 15) is 14.4 Å². The van der Waals surface area contributed by atoms with Gasteiger partial charge >= 0.3 is 5.97 Å². The molecule has 1 aromatic heterocycles. The zero-order valence-electron chi connectivity index (χ0n) is 15.1. The summed E-state index contributed by atoms with van der Waals surface area (Å²) >= 11 is 8.59. The van der Waals surface area contributed by atoms with Gasteiger partial charge in [0.1, 0.15) is 11.4 Å². The monoisotopic (exact) mass is 523 g/mol. The summed E-state index contributed by atoms with van der Waals surface area (Å²) in [5.74, 6) is -1.09. The van der Waals surface area contributed by atoms with E-state index in [1.165, 1.54) is 20.2 Å². The third-order valence-corrected chi connectivity index (χ3v) is 8.51. The standard InChI is InChI=1S/C15H19Br2N5O4S/c1-7(11(24)26-4)18-10(23)8-5-21(20-19-8)6-9-14(2,3)27-13-15(16,17)12(25)22(9)13/h5,7,9,13H,6H2,1-4H3,(H,18,23)/t7-,9-,13+/m0/s1. The van der Waals surface area contributed by atoms with Crippen LogP contribution in [0.25, 0.3) is 0 Å². The second kappa shape index (κ2) is 7.03. The quantitative estimate of drug-likeness (QED) is 0.349. The molecule has 2 amide bonds. The van der Waals surface area contributed by atoms with E-state index in [0.29, 0.717) is 6.54 Å². The van der Waals surface area contributed by atoms with Crippen LogP contribution in [0.1, 0.15) is 31.3 Å². The molecule has 0 aliphatic carbocycles. The van der Waals surface area contributed by atoms with E-state index in [0.717, 1.165) is 0 Å². The van der Waals surface area contributed by atoms with E-state index >= 15 is 0 Å². The van der Waals surface area contributed by atoms with Gasteiger partial charge in [-0.3, -0.25) is 9.59 Å². The van der Waals surface area contributed by atoms with Crippen LogP contribution in [-0.4, -0.2) is 70.2 Å². The fourth-order valence-electron chi connectivity index (χ4n) is 3.11. The molecule has 1 aromatic rings. The average molecular weight is 525 g/mol. The van der Waals surface area contributed by atoms with Gasteiger partial charge in [-0.15, -0.1) is 16.9 Å². The van der Waals surface area contributed by atoms with Crippen molar-refractivity contribution in [1.82, 2.24) is 25.2 Å². The van der Waals surface area contributed by atoms with Crippen molar-refractivity contribution in [2.75, 3.05) is 7.11 Å². The van der Waals surface area contributed by atoms with Gasteiger partial charge in [-0.2, -0.15) is 0 Å². The highest BCUT2D eigenvalue weighted by Crippen LogP contribution is 2.60. The summed E-state index contributed by atoms with van der Waals surface area (Å²) in [5, 5.41) is 10.4. The molecular weight excluding hydrogens is 506 g/mol. The summed E-state index contributed by atoms with van der Waals surface area (Å²) in [6, 6.07) is -0.891. The lowest BCUT2D eigenvalue weighted by atomic mass is 9.98. The predicted octanol–water partition coefficient (Wildman–Crippen LogP) is 1.12. The first-order valence-electron chi connectivity index (χ1n) is 8.16. The van der Waals surface area contributed by atoms with Crippen molar-refractivity contribution in [3.8, 4) is 0 Å². The molecule has 0 aromatic carbocycles. The van der Waals surface area contributed by atoms with Gasteiger partial charge in [0.05, 0.1) is 25.9 Å². The first kappa shape index (κ1) is 20.6. The highest BCUT2D eigenvalue weighted by atomic mass is 79.9. The van der Waals surface area contributed by atoms with Gasteiger partial charge < -0.3 is 15.0 Å². The van der Waals surface area contributed by atoms with E-state index in [1.54, 1.807) is 16.4 Å². The van der Waals surface area contributed by atoms with Crippen molar-refractivity contribution in [2.24, 2.45) is 0 Å². The van der Waals surface area contributed by atoms with E-state index in [2.05, 4.69) is 66.1 Å². The van der Waals surface area contributed by atoms with Crippen molar-refractivity contribution < 1.29 is 19.1 Å². The van der Waals surface area contributed by atoms with Crippen LogP contribution < -0.4 is 5.32 Å². The second-order valence-electron chi connectivity index (χ2n) is 6.97. The topological polar surface area (TPSA) is 106 Å². The van der Waals surface area contributed by atoms with Crippen molar-refractivity contribution >= 4 is 61.4 Å². The number of halogens is 2. The van der Waals surface area contributed by atoms with Gasteiger partial charge in [-0.1, -0.05) is 37.1 Å². The van der Waals surface area contributed by atoms with Gasteiger partial charge in [0, 0.05) is 4.75 Å². The molecule has 0 radical (unpaired) electrons. The first-order chi connectivity index (χ1) is 12.5. The number of thioether (sulfide) groups is 1.